The van der Waals surface area contributed by atoms with E-state index in [4.69, 9.17) is 0 Å². The van der Waals surface area contributed by atoms with Gasteiger partial charge < -0.3 is 0 Å². The predicted octanol–water partition coefficient (Wildman–Crippen LogP) is 5.98. The van der Waals surface area contributed by atoms with Gasteiger partial charge in [0.25, 0.3) is 0 Å². The first-order chi connectivity index (χ1) is 9.28. The summed E-state index contributed by atoms with van der Waals surface area (Å²) in [5.41, 5.74) is 2.57. The normalized spacial score (nSPS) is 10.8. The fourth-order valence-corrected chi connectivity index (χ4v) is 1.28. The van der Waals surface area contributed by atoms with Crippen LogP contribution in [0.1, 0.15) is 37.8 Å². The summed E-state index contributed by atoms with van der Waals surface area (Å²) in [4.78, 5) is 0. The van der Waals surface area contributed by atoms with Gasteiger partial charge in [0.15, 0.2) is 0 Å². The molecule has 19 heavy (non-hydrogen) atoms. The quantitative estimate of drug-likeness (QED) is 0.582. The lowest BCUT2D eigenvalue weighted by Crippen LogP contribution is -1.78. The molecule has 0 unspecified atom stereocenters. The van der Waals surface area contributed by atoms with Gasteiger partial charge >= 0.3 is 0 Å². The van der Waals surface area contributed by atoms with Gasteiger partial charge in [-0.2, -0.15) is 0 Å². The summed E-state index contributed by atoms with van der Waals surface area (Å²) in [5, 5.41) is 0. The molecule has 0 N–H and O–H groups in total. The SMILES string of the molecule is C1=CCC=C1.C=CCC.C=Cc1ccc(CC)cc1. The Bertz CT molecular complexity index is 381. The van der Waals surface area contributed by atoms with Gasteiger partial charge in [0, 0.05) is 0 Å². The Balaban J connectivity index is 0.000000300. The second-order valence-electron chi connectivity index (χ2n) is 4.09. The van der Waals surface area contributed by atoms with E-state index in [9.17, 15) is 0 Å². The Labute approximate surface area is 118 Å². The molecule has 0 fully saturated rings. The molecule has 0 heterocycles. The minimum atomic E-state index is 1.08. The summed E-state index contributed by atoms with van der Waals surface area (Å²) in [7, 11) is 0. The Morgan fingerprint density at radius 1 is 1.00 bits per heavy atom. The van der Waals surface area contributed by atoms with Crippen LogP contribution in [0.25, 0.3) is 6.08 Å². The minimum absolute atomic E-state index is 1.08. The summed E-state index contributed by atoms with van der Waals surface area (Å²) >= 11 is 0. The zero-order chi connectivity index (χ0) is 14.3. The number of aryl methyl sites for hydroxylation is 1. The molecule has 1 aromatic carbocycles. The molecule has 0 amide bonds. The number of rotatable bonds is 3. The van der Waals surface area contributed by atoms with E-state index in [-0.39, 0.29) is 0 Å². The lowest BCUT2D eigenvalue weighted by atomic mass is 10.1. The van der Waals surface area contributed by atoms with Crippen molar-refractivity contribution in [2.75, 3.05) is 0 Å². The van der Waals surface area contributed by atoms with Crippen molar-refractivity contribution in [3.05, 3.63) is 78.9 Å². The molecule has 0 saturated heterocycles. The topological polar surface area (TPSA) is 0 Å². The minimum Gasteiger partial charge on any atom is -0.103 e. The standard InChI is InChI=1S/C10H12.C5H6.C4H8/c1-3-9-5-7-10(4-2)8-6-9;1-2-4-5-3-1;1-3-4-2/h3,5-8H,1,4H2,2H3;1-4H,5H2;3H,1,4H2,2H3. The van der Waals surface area contributed by atoms with Crippen LogP contribution >= 0.6 is 0 Å². The van der Waals surface area contributed by atoms with Crippen molar-refractivity contribution in [3.63, 3.8) is 0 Å². The van der Waals surface area contributed by atoms with Crippen molar-refractivity contribution >= 4 is 6.08 Å². The Morgan fingerprint density at radius 3 is 1.79 bits per heavy atom. The number of hydrogen-bond donors (Lipinski definition) is 0. The van der Waals surface area contributed by atoms with E-state index in [0.29, 0.717) is 0 Å². The van der Waals surface area contributed by atoms with Gasteiger partial charge in [-0.05, 0) is 30.4 Å². The second-order valence-corrected chi connectivity index (χ2v) is 4.09. The lowest BCUT2D eigenvalue weighted by molar-refractivity contribution is 1.14. The molecular weight excluding hydrogens is 228 g/mol. The molecule has 0 aliphatic heterocycles. The molecule has 0 bridgehead atoms. The molecule has 0 spiro atoms. The van der Waals surface area contributed by atoms with E-state index in [1.54, 1.807) is 0 Å². The Kier molecular flexibility index (Phi) is 11.4. The molecule has 1 aliphatic rings. The van der Waals surface area contributed by atoms with Crippen LogP contribution in [-0.4, -0.2) is 0 Å². The Morgan fingerprint density at radius 2 is 1.53 bits per heavy atom. The third kappa shape index (κ3) is 9.84. The molecule has 1 aromatic rings. The molecule has 1 aliphatic carbocycles. The highest BCUT2D eigenvalue weighted by Crippen LogP contribution is 2.05. The highest BCUT2D eigenvalue weighted by Gasteiger charge is 1.86. The molecule has 0 aromatic heterocycles. The van der Waals surface area contributed by atoms with Crippen LogP contribution in [-0.2, 0) is 6.42 Å². The van der Waals surface area contributed by atoms with Gasteiger partial charge in [0.1, 0.15) is 0 Å². The highest BCUT2D eigenvalue weighted by molar-refractivity contribution is 5.47. The van der Waals surface area contributed by atoms with Crippen LogP contribution in [0.3, 0.4) is 0 Å². The van der Waals surface area contributed by atoms with Gasteiger partial charge in [-0.15, -0.1) is 6.58 Å². The Hall–Kier alpha value is -1.82. The maximum Gasteiger partial charge on any atom is -0.0163 e. The van der Waals surface area contributed by atoms with Crippen molar-refractivity contribution in [3.8, 4) is 0 Å². The monoisotopic (exact) mass is 254 g/mol. The first kappa shape index (κ1) is 17.2. The van der Waals surface area contributed by atoms with E-state index >= 15 is 0 Å². The van der Waals surface area contributed by atoms with Crippen LogP contribution < -0.4 is 0 Å². The zero-order valence-electron chi connectivity index (χ0n) is 12.3. The lowest BCUT2D eigenvalue weighted by Gasteiger charge is -1.95. The summed E-state index contributed by atoms with van der Waals surface area (Å²) in [6.07, 6.45) is 15.4. The van der Waals surface area contributed by atoms with Crippen molar-refractivity contribution in [1.29, 1.82) is 0 Å². The number of allylic oxidation sites excluding steroid dienone is 5. The average Bonchev–Trinajstić information content (AvgIpc) is 3.07. The first-order valence-electron chi connectivity index (χ1n) is 6.92. The average molecular weight is 254 g/mol. The highest BCUT2D eigenvalue weighted by atomic mass is 13.9. The maximum absolute atomic E-state index is 3.69. The van der Waals surface area contributed by atoms with Crippen LogP contribution in [0.2, 0.25) is 0 Å². The van der Waals surface area contributed by atoms with E-state index in [2.05, 4.69) is 75.6 Å². The largest absolute Gasteiger partial charge is 0.103 e. The summed E-state index contributed by atoms with van der Waals surface area (Å²) in [5.74, 6) is 0. The zero-order valence-corrected chi connectivity index (χ0v) is 12.3. The molecule has 0 saturated carbocycles. The molecule has 2 rings (SSSR count). The van der Waals surface area contributed by atoms with Gasteiger partial charge in [0.05, 0.1) is 0 Å². The molecular formula is C19H26. The molecule has 0 atom stereocenters. The number of benzene rings is 1. The fourth-order valence-electron chi connectivity index (χ4n) is 1.28. The maximum atomic E-state index is 3.69. The molecule has 102 valence electrons. The summed E-state index contributed by atoms with van der Waals surface area (Å²) < 4.78 is 0. The van der Waals surface area contributed by atoms with Gasteiger partial charge in [0.2, 0.25) is 0 Å². The van der Waals surface area contributed by atoms with Crippen LogP contribution in [0.4, 0.5) is 0 Å². The molecule has 0 radical (unpaired) electrons. The smallest absolute Gasteiger partial charge is 0.0163 e. The van der Waals surface area contributed by atoms with Gasteiger partial charge in [-0.1, -0.05) is 81.1 Å². The third-order valence-electron chi connectivity index (χ3n) is 2.57. The van der Waals surface area contributed by atoms with Gasteiger partial charge in [-0.25, -0.2) is 0 Å². The van der Waals surface area contributed by atoms with Crippen LogP contribution in [0.5, 0.6) is 0 Å². The van der Waals surface area contributed by atoms with E-state index in [0.717, 1.165) is 19.3 Å². The first-order valence-corrected chi connectivity index (χ1v) is 6.92. The van der Waals surface area contributed by atoms with E-state index < -0.39 is 0 Å². The molecule has 0 nitrogen and oxygen atoms in total. The van der Waals surface area contributed by atoms with Gasteiger partial charge in [-0.3, -0.25) is 0 Å². The van der Waals surface area contributed by atoms with Crippen molar-refractivity contribution in [2.24, 2.45) is 0 Å². The third-order valence-corrected chi connectivity index (χ3v) is 2.57. The predicted molar refractivity (Wildman–Crippen MR) is 89.3 cm³/mol. The number of hydrogen-bond acceptors (Lipinski definition) is 0. The van der Waals surface area contributed by atoms with E-state index in [1.165, 1.54) is 11.1 Å². The fraction of sp³-hybridized carbons (Fsp3) is 0.263. The van der Waals surface area contributed by atoms with Crippen LogP contribution in [0, 0.1) is 0 Å². The van der Waals surface area contributed by atoms with Crippen molar-refractivity contribution < 1.29 is 0 Å². The summed E-state index contributed by atoms with van der Waals surface area (Å²) in [6, 6.07) is 8.45. The van der Waals surface area contributed by atoms with E-state index in [1.807, 2.05) is 12.2 Å². The van der Waals surface area contributed by atoms with Crippen molar-refractivity contribution in [2.45, 2.75) is 33.1 Å². The van der Waals surface area contributed by atoms with Crippen molar-refractivity contribution in [1.82, 2.24) is 0 Å². The molecule has 0 heteroatoms. The summed E-state index contributed by atoms with van der Waals surface area (Å²) in [6.45, 7) is 11.4. The second kappa shape index (κ2) is 12.6. The van der Waals surface area contributed by atoms with Crippen LogP contribution in [0.15, 0.2) is 67.8 Å².